The lowest BCUT2D eigenvalue weighted by molar-refractivity contribution is -0.143. The zero-order chi connectivity index (χ0) is 26.1. The van der Waals surface area contributed by atoms with E-state index in [1.165, 1.54) is 6.92 Å². The van der Waals surface area contributed by atoms with Gasteiger partial charge in [0, 0.05) is 6.54 Å². The number of halogens is 6. The molecule has 0 amide bonds. The number of piperidine rings is 1. The summed E-state index contributed by atoms with van der Waals surface area (Å²) in [5, 5.41) is 15.1. The molecule has 2 heterocycles. The number of benzene rings is 2. The SMILES string of the molecule is Cc1nnnn1[C@@H]1CC[C@@](CO[C@H](C)c2cc(C(F)(F)F)cc(C(F)(F)F)c2)(c2ccccc2)NC1. The van der Waals surface area contributed by atoms with Crippen LogP contribution in [0.5, 0.6) is 0 Å². The molecular formula is C24H25F6N5O. The average Bonchev–Trinajstić information content (AvgIpc) is 3.27. The second-order valence-corrected chi connectivity index (χ2v) is 8.98. The fraction of sp³-hybridized carbons (Fsp3) is 0.458. The van der Waals surface area contributed by atoms with E-state index in [2.05, 4.69) is 20.8 Å². The maximum atomic E-state index is 13.3. The van der Waals surface area contributed by atoms with Crippen LogP contribution in [0.4, 0.5) is 26.3 Å². The first kappa shape index (κ1) is 26.1. The minimum Gasteiger partial charge on any atom is -0.372 e. The summed E-state index contributed by atoms with van der Waals surface area (Å²) in [5.74, 6) is 0.670. The number of aromatic nitrogens is 4. The Morgan fingerprint density at radius 3 is 2.19 bits per heavy atom. The van der Waals surface area contributed by atoms with Crippen LogP contribution in [0.2, 0.25) is 0 Å². The number of hydrogen-bond acceptors (Lipinski definition) is 5. The van der Waals surface area contributed by atoms with Crippen molar-refractivity contribution in [3.05, 3.63) is 76.6 Å². The van der Waals surface area contributed by atoms with Gasteiger partial charge in [-0.15, -0.1) is 5.10 Å². The van der Waals surface area contributed by atoms with Crippen molar-refractivity contribution in [2.24, 2.45) is 0 Å². The Balaban J connectivity index is 1.57. The zero-order valence-corrected chi connectivity index (χ0v) is 19.6. The van der Waals surface area contributed by atoms with E-state index < -0.39 is 35.1 Å². The molecule has 0 unspecified atom stereocenters. The molecule has 0 bridgehead atoms. The Bertz CT molecular complexity index is 1140. The van der Waals surface area contributed by atoms with Crippen LogP contribution in [0.25, 0.3) is 0 Å². The molecule has 1 aliphatic heterocycles. The molecule has 4 rings (SSSR count). The first-order valence-electron chi connectivity index (χ1n) is 11.3. The molecule has 0 radical (unpaired) electrons. The topological polar surface area (TPSA) is 64.9 Å². The highest BCUT2D eigenvalue weighted by Crippen LogP contribution is 2.39. The standard InChI is InChI=1S/C24H25F6N5O/c1-15(17-10-19(23(25,26)27)12-20(11-17)24(28,29)30)36-14-22(18-6-4-3-5-7-18)9-8-21(13-31-22)35-16(2)32-33-34-35/h3-7,10-12,15,21,31H,8-9,13-14H2,1-2H3/t15-,21-,22-/m1/s1. The number of rotatable bonds is 6. The Kier molecular flexibility index (Phi) is 7.11. The molecule has 1 saturated heterocycles. The summed E-state index contributed by atoms with van der Waals surface area (Å²) in [7, 11) is 0. The first-order chi connectivity index (χ1) is 16.9. The smallest absolute Gasteiger partial charge is 0.372 e. The highest BCUT2D eigenvalue weighted by molar-refractivity contribution is 5.35. The molecular weight excluding hydrogens is 488 g/mol. The molecule has 0 spiro atoms. The third-order valence-electron chi connectivity index (χ3n) is 6.57. The van der Waals surface area contributed by atoms with E-state index in [0.29, 0.717) is 37.3 Å². The van der Waals surface area contributed by atoms with Crippen molar-refractivity contribution < 1.29 is 31.1 Å². The predicted octanol–water partition coefficient (Wildman–Crippen LogP) is 5.62. The van der Waals surface area contributed by atoms with Gasteiger partial charge in [0.15, 0.2) is 0 Å². The molecule has 1 fully saturated rings. The molecule has 3 atom stereocenters. The van der Waals surface area contributed by atoms with Gasteiger partial charge in [0.1, 0.15) is 5.82 Å². The van der Waals surface area contributed by atoms with Crippen LogP contribution in [-0.4, -0.2) is 33.4 Å². The summed E-state index contributed by atoms with van der Waals surface area (Å²) in [5.41, 5.74) is -2.71. The van der Waals surface area contributed by atoms with Crippen LogP contribution >= 0.6 is 0 Å². The van der Waals surface area contributed by atoms with E-state index in [4.69, 9.17) is 4.74 Å². The third kappa shape index (κ3) is 5.54. The van der Waals surface area contributed by atoms with Crippen molar-refractivity contribution in [1.82, 2.24) is 25.5 Å². The molecule has 0 saturated carbocycles. The minimum absolute atomic E-state index is 0.00734. The molecule has 1 aromatic heterocycles. The largest absolute Gasteiger partial charge is 0.416 e. The summed E-state index contributed by atoms with van der Waals surface area (Å²) in [4.78, 5) is 0. The van der Waals surface area contributed by atoms with Crippen molar-refractivity contribution in [2.75, 3.05) is 13.2 Å². The molecule has 36 heavy (non-hydrogen) atoms. The number of ether oxygens (including phenoxy) is 1. The van der Waals surface area contributed by atoms with E-state index in [-0.39, 0.29) is 24.3 Å². The fourth-order valence-electron chi connectivity index (χ4n) is 4.49. The van der Waals surface area contributed by atoms with Crippen LogP contribution in [0.1, 0.15) is 60.0 Å². The number of aryl methyl sites for hydroxylation is 1. The van der Waals surface area contributed by atoms with Crippen molar-refractivity contribution in [3.63, 3.8) is 0 Å². The third-order valence-corrected chi connectivity index (χ3v) is 6.57. The number of alkyl halides is 6. The highest BCUT2D eigenvalue weighted by atomic mass is 19.4. The minimum atomic E-state index is -4.92. The van der Waals surface area contributed by atoms with Gasteiger partial charge in [-0.2, -0.15) is 26.3 Å². The van der Waals surface area contributed by atoms with E-state index in [9.17, 15) is 26.3 Å². The van der Waals surface area contributed by atoms with Crippen LogP contribution in [0.15, 0.2) is 48.5 Å². The van der Waals surface area contributed by atoms with E-state index in [1.807, 2.05) is 30.3 Å². The summed E-state index contributed by atoms with van der Waals surface area (Å²) in [6.45, 7) is 3.79. The van der Waals surface area contributed by atoms with Gasteiger partial charge < -0.3 is 10.1 Å². The monoisotopic (exact) mass is 513 g/mol. The second kappa shape index (κ2) is 9.81. The Morgan fingerprint density at radius 2 is 1.69 bits per heavy atom. The Hall–Kier alpha value is -2.99. The van der Waals surface area contributed by atoms with Crippen LogP contribution < -0.4 is 5.32 Å². The van der Waals surface area contributed by atoms with Gasteiger partial charge in [-0.05, 0) is 66.4 Å². The molecule has 1 aliphatic rings. The maximum absolute atomic E-state index is 13.3. The summed E-state index contributed by atoms with van der Waals surface area (Å²) < 4.78 is 87.5. The highest BCUT2D eigenvalue weighted by Gasteiger charge is 2.40. The van der Waals surface area contributed by atoms with Crippen molar-refractivity contribution in [3.8, 4) is 0 Å². The molecule has 194 valence electrons. The lowest BCUT2D eigenvalue weighted by atomic mass is 9.81. The molecule has 12 heteroatoms. The van der Waals surface area contributed by atoms with Gasteiger partial charge in [0.25, 0.3) is 0 Å². The van der Waals surface area contributed by atoms with Gasteiger partial charge in [0.05, 0.1) is 35.4 Å². The molecule has 3 aromatic rings. The summed E-state index contributed by atoms with van der Waals surface area (Å²) >= 11 is 0. The van der Waals surface area contributed by atoms with E-state index in [0.717, 1.165) is 5.56 Å². The van der Waals surface area contributed by atoms with Crippen LogP contribution in [-0.2, 0) is 22.6 Å². The van der Waals surface area contributed by atoms with E-state index >= 15 is 0 Å². The van der Waals surface area contributed by atoms with Gasteiger partial charge in [-0.3, -0.25) is 0 Å². The second-order valence-electron chi connectivity index (χ2n) is 8.98. The first-order valence-corrected chi connectivity index (χ1v) is 11.3. The van der Waals surface area contributed by atoms with Gasteiger partial charge >= 0.3 is 12.4 Å². The lowest BCUT2D eigenvalue weighted by Gasteiger charge is -2.42. The van der Waals surface area contributed by atoms with Gasteiger partial charge in [0.2, 0.25) is 0 Å². The number of nitrogens with one attached hydrogen (secondary N) is 1. The number of nitrogens with zero attached hydrogens (tertiary/aromatic N) is 4. The lowest BCUT2D eigenvalue weighted by Crippen LogP contribution is -2.52. The number of hydrogen-bond donors (Lipinski definition) is 1. The van der Waals surface area contributed by atoms with E-state index in [1.54, 1.807) is 11.6 Å². The number of tetrazole rings is 1. The molecule has 0 aliphatic carbocycles. The zero-order valence-electron chi connectivity index (χ0n) is 19.6. The predicted molar refractivity (Wildman–Crippen MR) is 118 cm³/mol. The summed E-state index contributed by atoms with van der Waals surface area (Å²) in [6, 6.07) is 10.9. The molecule has 6 nitrogen and oxygen atoms in total. The van der Waals surface area contributed by atoms with Gasteiger partial charge in [-0.1, -0.05) is 30.3 Å². The fourth-order valence-corrected chi connectivity index (χ4v) is 4.49. The Labute approximate surface area is 203 Å². The molecule has 1 N–H and O–H groups in total. The average molecular weight is 513 g/mol. The summed E-state index contributed by atoms with van der Waals surface area (Å²) in [6.07, 6.45) is -9.59. The maximum Gasteiger partial charge on any atom is 0.416 e. The normalized spacial score (nSPS) is 21.9. The Morgan fingerprint density at radius 1 is 1.06 bits per heavy atom. The van der Waals surface area contributed by atoms with Crippen molar-refractivity contribution in [2.45, 2.75) is 56.7 Å². The molecule has 2 aromatic carbocycles. The van der Waals surface area contributed by atoms with Crippen LogP contribution in [0.3, 0.4) is 0 Å². The van der Waals surface area contributed by atoms with Crippen LogP contribution in [0, 0.1) is 6.92 Å². The van der Waals surface area contributed by atoms with Crippen molar-refractivity contribution in [1.29, 1.82) is 0 Å². The van der Waals surface area contributed by atoms with Crippen molar-refractivity contribution >= 4 is 0 Å². The van der Waals surface area contributed by atoms with Gasteiger partial charge in [-0.25, -0.2) is 4.68 Å². The quantitative estimate of drug-likeness (QED) is 0.434.